The summed E-state index contributed by atoms with van der Waals surface area (Å²) in [5.74, 6) is -1.17. The van der Waals surface area contributed by atoms with Gasteiger partial charge in [-0.2, -0.15) is 0 Å². The summed E-state index contributed by atoms with van der Waals surface area (Å²) < 4.78 is 19.2. The lowest BCUT2D eigenvalue weighted by Gasteiger charge is -2.16. The monoisotopic (exact) mass is 356 g/mol. The molecule has 0 bridgehead atoms. The van der Waals surface area contributed by atoms with Crippen LogP contribution in [0.2, 0.25) is 0 Å². The third kappa shape index (κ3) is 2.92. The Morgan fingerprint density at radius 2 is 2.14 bits per heavy atom. The average molecular weight is 357 g/mol. The average Bonchev–Trinajstić information content (AvgIpc) is 2.74. The minimum Gasteiger partial charge on any atom is -0.478 e. The fraction of sp³-hybridized carbons (Fsp3) is 0.286. The SMILES string of the molecule is Cc1noc(C)c1C(C)Nc1ccc(C(=O)O)c(Br)c1F. The number of halogens is 2. The van der Waals surface area contributed by atoms with Crippen LogP contribution in [0.4, 0.5) is 10.1 Å². The number of nitrogens with one attached hydrogen (secondary N) is 1. The number of carboxylic acid groups (broad SMARTS) is 1. The van der Waals surface area contributed by atoms with Crippen molar-refractivity contribution in [3.8, 4) is 0 Å². The van der Waals surface area contributed by atoms with Crippen LogP contribution < -0.4 is 5.32 Å². The lowest BCUT2D eigenvalue weighted by Crippen LogP contribution is -2.11. The quantitative estimate of drug-likeness (QED) is 0.863. The first-order valence-corrected chi connectivity index (χ1v) is 7.02. The summed E-state index contributed by atoms with van der Waals surface area (Å²) in [6.45, 7) is 5.45. The number of hydrogen-bond acceptors (Lipinski definition) is 4. The molecule has 0 aliphatic carbocycles. The largest absolute Gasteiger partial charge is 0.478 e. The Kier molecular flexibility index (Phi) is 4.32. The fourth-order valence-corrected chi connectivity index (χ4v) is 2.76. The predicted octanol–water partition coefficient (Wildman–Crippen LogP) is 4.06. The van der Waals surface area contributed by atoms with Gasteiger partial charge in [-0.15, -0.1) is 0 Å². The van der Waals surface area contributed by atoms with E-state index in [0.29, 0.717) is 5.76 Å². The van der Waals surface area contributed by atoms with Crippen molar-refractivity contribution in [1.82, 2.24) is 5.16 Å². The topological polar surface area (TPSA) is 75.4 Å². The lowest BCUT2D eigenvalue weighted by molar-refractivity contribution is 0.0695. The summed E-state index contributed by atoms with van der Waals surface area (Å²) in [6, 6.07) is 2.52. The summed E-state index contributed by atoms with van der Waals surface area (Å²) in [5, 5.41) is 15.8. The van der Waals surface area contributed by atoms with Gasteiger partial charge in [-0.3, -0.25) is 0 Å². The van der Waals surface area contributed by atoms with Crippen LogP contribution in [-0.2, 0) is 0 Å². The first kappa shape index (κ1) is 15.5. The van der Waals surface area contributed by atoms with Gasteiger partial charge in [-0.1, -0.05) is 5.16 Å². The molecule has 0 radical (unpaired) electrons. The van der Waals surface area contributed by atoms with Crippen LogP contribution in [-0.4, -0.2) is 16.2 Å². The predicted molar refractivity (Wildman–Crippen MR) is 79.1 cm³/mol. The summed E-state index contributed by atoms with van der Waals surface area (Å²) >= 11 is 2.97. The molecule has 1 unspecified atom stereocenters. The second kappa shape index (κ2) is 5.85. The highest BCUT2D eigenvalue weighted by Gasteiger charge is 2.20. The van der Waals surface area contributed by atoms with Gasteiger partial charge in [-0.05, 0) is 48.8 Å². The first-order chi connectivity index (χ1) is 9.82. The summed E-state index contributed by atoms with van der Waals surface area (Å²) in [4.78, 5) is 10.9. The molecule has 2 N–H and O–H groups in total. The Bertz CT molecular complexity index is 680. The fourth-order valence-electron chi connectivity index (χ4n) is 2.24. The summed E-state index contributed by atoms with van der Waals surface area (Å²) in [6.07, 6.45) is 0. The van der Waals surface area contributed by atoms with Gasteiger partial charge in [0.05, 0.1) is 27.5 Å². The van der Waals surface area contributed by atoms with Crippen molar-refractivity contribution in [3.05, 3.63) is 45.0 Å². The molecule has 0 aliphatic heterocycles. The molecule has 1 aromatic heterocycles. The first-order valence-electron chi connectivity index (χ1n) is 6.23. The van der Waals surface area contributed by atoms with Crippen LogP contribution in [0, 0.1) is 19.7 Å². The normalized spacial score (nSPS) is 12.2. The van der Waals surface area contributed by atoms with E-state index in [4.69, 9.17) is 9.63 Å². The molecule has 1 heterocycles. The zero-order chi connectivity index (χ0) is 15.7. The molecular formula is C14H14BrFN2O3. The van der Waals surface area contributed by atoms with Crippen molar-refractivity contribution in [3.63, 3.8) is 0 Å². The molecule has 0 saturated carbocycles. The third-order valence-electron chi connectivity index (χ3n) is 3.21. The number of aromatic nitrogens is 1. The van der Waals surface area contributed by atoms with Gasteiger partial charge in [0.1, 0.15) is 5.76 Å². The number of hydrogen-bond donors (Lipinski definition) is 2. The highest BCUT2D eigenvalue weighted by Crippen LogP contribution is 2.31. The van der Waals surface area contributed by atoms with Crippen LogP contribution in [0.15, 0.2) is 21.1 Å². The third-order valence-corrected chi connectivity index (χ3v) is 3.98. The van der Waals surface area contributed by atoms with Crippen molar-refractivity contribution >= 4 is 27.6 Å². The second-order valence-electron chi connectivity index (χ2n) is 4.70. The number of aryl methyl sites for hydroxylation is 2. The van der Waals surface area contributed by atoms with E-state index in [-0.39, 0.29) is 21.8 Å². The van der Waals surface area contributed by atoms with Gasteiger partial charge < -0.3 is 14.9 Å². The van der Waals surface area contributed by atoms with Crippen molar-refractivity contribution in [2.75, 3.05) is 5.32 Å². The Balaban J connectivity index is 2.32. The number of nitrogens with zero attached hydrogens (tertiary/aromatic N) is 1. The van der Waals surface area contributed by atoms with E-state index in [2.05, 4.69) is 26.4 Å². The molecule has 21 heavy (non-hydrogen) atoms. The standard InChI is InChI=1S/C14H14BrFN2O3/c1-6(11-7(2)18-21-8(11)3)17-10-5-4-9(14(19)20)12(15)13(10)16/h4-6,17H,1-3H3,(H,19,20). The molecular weight excluding hydrogens is 343 g/mol. The number of rotatable bonds is 4. The van der Waals surface area contributed by atoms with Gasteiger partial charge in [0.25, 0.3) is 0 Å². The molecule has 0 amide bonds. The van der Waals surface area contributed by atoms with Gasteiger partial charge in [-0.25, -0.2) is 9.18 Å². The van der Waals surface area contributed by atoms with E-state index in [1.807, 2.05) is 13.8 Å². The van der Waals surface area contributed by atoms with Crippen molar-refractivity contribution in [1.29, 1.82) is 0 Å². The van der Waals surface area contributed by atoms with Crippen molar-refractivity contribution in [2.24, 2.45) is 0 Å². The van der Waals surface area contributed by atoms with E-state index in [9.17, 15) is 9.18 Å². The van der Waals surface area contributed by atoms with E-state index in [1.165, 1.54) is 12.1 Å². The molecule has 112 valence electrons. The molecule has 2 aromatic rings. The van der Waals surface area contributed by atoms with Crippen molar-refractivity contribution < 1.29 is 18.8 Å². The van der Waals surface area contributed by atoms with Crippen LogP contribution in [0.3, 0.4) is 0 Å². The maximum Gasteiger partial charge on any atom is 0.336 e. The molecule has 1 atom stereocenters. The molecule has 0 spiro atoms. The van der Waals surface area contributed by atoms with Crippen LogP contribution in [0.25, 0.3) is 0 Å². The zero-order valence-electron chi connectivity index (χ0n) is 11.7. The molecule has 0 fully saturated rings. The van der Waals surface area contributed by atoms with Gasteiger partial charge in [0.2, 0.25) is 0 Å². The maximum atomic E-state index is 14.2. The molecule has 0 saturated heterocycles. The number of carbonyl (C=O) groups is 1. The second-order valence-corrected chi connectivity index (χ2v) is 5.49. The number of carboxylic acids is 1. The minimum atomic E-state index is -1.19. The van der Waals surface area contributed by atoms with Crippen LogP contribution in [0.1, 0.15) is 40.3 Å². The minimum absolute atomic E-state index is 0.0778. The van der Waals surface area contributed by atoms with Crippen molar-refractivity contribution in [2.45, 2.75) is 26.8 Å². The lowest BCUT2D eigenvalue weighted by atomic mass is 10.1. The molecule has 5 nitrogen and oxygen atoms in total. The maximum absolute atomic E-state index is 14.2. The van der Waals surface area contributed by atoms with E-state index in [1.54, 1.807) is 6.92 Å². The molecule has 7 heteroatoms. The van der Waals surface area contributed by atoms with E-state index >= 15 is 0 Å². The van der Waals surface area contributed by atoms with E-state index in [0.717, 1.165) is 11.3 Å². The molecule has 1 aromatic carbocycles. The Hall–Kier alpha value is -1.89. The molecule has 2 rings (SSSR count). The number of anilines is 1. The Morgan fingerprint density at radius 1 is 1.48 bits per heavy atom. The highest BCUT2D eigenvalue weighted by atomic mass is 79.9. The van der Waals surface area contributed by atoms with Gasteiger partial charge >= 0.3 is 5.97 Å². The summed E-state index contributed by atoms with van der Waals surface area (Å²) in [5.41, 5.74) is 1.67. The molecule has 0 aliphatic rings. The van der Waals surface area contributed by atoms with Gasteiger partial charge in [0, 0.05) is 5.56 Å². The zero-order valence-corrected chi connectivity index (χ0v) is 13.3. The van der Waals surface area contributed by atoms with Crippen LogP contribution in [0.5, 0.6) is 0 Å². The summed E-state index contributed by atoms with van der Waals surface area (Å²) in [7, 11) is 0. The van der Waals surface area contributed by atoms with Gasteiger partial charge in [0.15, 0.2) is 5.82 Å². The van der Waals surface area contributed by atoms with Crippen LogP contribution >= 0.6 is 15.9 Å². The smallest absolute Gasteiger partial charge is 0.336 e. The van der Waals surface area contributed by atoms with E-state index < -0.39 is 11.8 Å². The highest BCUT2D eigenvalue weighted by molar-refractivity contribution is 9.10. The Morgan fingerprint density at radius 3 is 2.67 bits per heavy atom. The Labute approximate surface area is 129 Å². The number of aromatic carboxylic acids is 1. The number of benzene rings is 1.